The summed E-state index contributed by atoms with van der Waals surface area (Å²) in [5, 5.41) is 12.2. The van der Waals surface area contributed by atoms with Crippen molar-refractivity contribution in [2.45, 2.75) is 18.8 Å². The van der Waals surface area contributed by atoms with E-state index < -0.39 is 0 Å². The van der Waals surface area contributed by atoms with Crippen LogP contribution in [0.5, 0.6) is 5.75 Å². The second-order valence-electron chi connectivity index (χ2n) is 6.67. The minimum atomic E-state index is -0.288. The molecule has 0 unspecified atom stereocenters. The van der Waals surface area contributed by atoms with Gasteiger partial charge in [-0.05, 0) is 49.2 Å². The summed E-state index contributed by atoms with van der Waals surface area (Å²) in [6.45, 7) is 1.24. The van der Waals surface area contributed by atoms with Crippen molar-refractivity contribution in [1.82, 2.24) is 15.1 Å². The van der Waals surface area contributed by atoms with Crippen molar-refractivity contribution in [3.8, 4) is 5.75 Å². The van der Waals surface area contributed by atoms with Crippen LogP contribution in [0.15, 0.2) is 47.1 Å². The molecule has 4 rings (SSSR count). The molecule has 0 radical (unpaired) electrons. The number of ether oxygens (including phenoxy) is 1. The first-order valence-electron chi connectivity index (χ1n) is 9.25. The van der Waals surface area contributed by atoms with E-state index in [1.165, 1.54) is 17.6 Å². The summed E-state index contributed by atoms with van der Waals surface area (Å²) in [4.78, 5) is 26.6. The van der Waals surface area contributed by atoms with Crippen LogP contribution >= 0.6 is 11.3 Å². The van der Waals surface area contributed by atoms with Gasteiger partial charge in [0.05, 0.1) is 13.4 Å². The lowest BCUT2D eigenvalue weighted by Gasteiger charge is -2.30. The first-order valence-corrected chi connectivity index (χ1v) is 10.1. The molecule has 1 N–H and O–H groups in total. The Morgan fingerprint density at radius 3 is 2.59 bits per heavy atom. The molecular weight excluding hydrogens is 392 g/mol. The van der Waals surface area contributed by atoms with Gasteiger partial charge in [-0.15, -0.1) is 10.2 Å². The number of rotatable bonds is 5. The Labute approximate surface area is 171 Å². The van der Waals surface area contributed by atoms with E-state index in [4.69, 9.17) is 9.15 Å². The molecule has 150 valence electrons. The molecule has 3 aromatic rings. The fourth-order valence-corrected chi connectivity index (χ4v) is 4.14. The van der Waals surface area contributed by atoms with Gasteiger partial charge in [0.2, 0.25) is 5.01 Å². The number of hydrogen-bond acceptors (Lipinski definition) is 7. The number of nitrogens with zero attached hydrogens (tertiary/aromatic N) is 3. The highest BCUT2D eigenvalue weighted by molar-refractivity contribution is 7.13. The number of carbonyl (C=O) groups excluding carboxylic acids is 2. The second kappa shape index (κ2) is 8.44. The summed E-state index contributed by atoms with van der Waals surface area (Å²) in [6.07, 6.45) is 3.06. The molecule has 0 atom stereocenters. The number of carbonyl (C=O) groups is 2. The highest BCUT2D eigenvalue weighted by atomic mass is 32.1. The molecule has 1 fully saturated rings. The van der Waals surface area contributed by atoms with Crippen LogP contribution in [0.4, 0.5) is 5.69 Å². The normalized spacial score (nSPS) is 14.6. The third-order valence-corrected chi connectivity index (χ3v) is 5.93. The maximum absolute atomic E-state index is 12.4. The summed E-state index contributed by atoms with van der Waals surface area (Å²) >= 11 is 1.30. The molecule has 0 spiro atoms. The molecule has 9 heteroatoms. The van der Waals surface area contributed by atoms with E-state index in [0.717, 1.165) is 23.6 Å². The van der Waals surface area contributed by atoms with Crippen LogP contribution in [0, 0.1) is 0 Å². The molecule has 1 aliphatic rings. The summed E-state index contributed by atoms with van der Waals surface area (Å²) in [6, 6.07) is 10.5. The average molecular weight is 412 g/mol. The topological polar surface area (TPSA) is 97.6 Å². The predicted molar refractivity (Wildman–Crippen MR) is 107 cm³/mol. The lowest BCUT2D eigenvalue weighted by atomic mass is 9.97. The molecule has 8 nitrogen and oxygen atoms in total. The number of furan rings is 1. The number of piperidine rings is 1. The SMILES string of the molecule is COc1ccc(NC(=O)c2nnc(C3CCN(C(=O)c4ccco4)CC3)s2)cc1. The van der Waals surface area contributed by atoms with Gasteiger partial charge in [-0.25, -0.2) is 0 Å². The average Bonchev–Trinajstić information content (AvgIpc) is 3.46. The Kier molecular flexibility index (Phi) is 5.57. The van der Waals surface area contributed by atoms with Crippen LogP contribution in [0.25, 0.3) is 0 Å². The number of aromatic nitrogens is 2. The zero-order valence-corrected chi connectivity index (χ0v) is 16.6. The summed E-state index contributed by atoms with van der Waals surface area (Å²) in [5.41, 5.74) is 0.664. The highest BCUT2D eigenvalue weighted by Crippen LogP contribution is 2.31. The molecule has 0 saturated carbocycles. The standard InChI is InChI=1S/C20H20N4O4S/c1-27-15-6-4-14(5-7-15)21-17(25)19-23-22-18(29-19)13-8-10-24(11-9-13)20(26)16-3-2-12-28-16/h2-7,12-13H,8-11H2,1H3,(H,21,25). The van der Waals surface area contributed by atoms with Crippen molar-refractivity contribution < 1.29 is 18.7 Å². The van der Waals surface area contributed by atoms with Crippen molar-refractivity contribution in [3.63, 3.8) is 0 Å². The highest BCUT2D eigenvalue weighted by Gasteiger charge is 2.28. The van der Waals surface area contributed by atoms with Crippen LogP contribution in [-0.2, 0) is 0 Å². The van der Waals surface area contributed by atoms with Crippen molar-refractivity contribution in [1.29, 1.82) is 0 Å². The Bertz CT molecular complexity index is 976. The molecule has 29 heavy (non-hydrogen) atoms. The summed E-state index contributed by atoms with van der Waals surface area (Å²) in [7, 11) is 1.59. The zero-order chi connectivity index (χ0) is 20.2. The number of anilines is 1. The molecule has 2 aromatic heterocycles. The van der Waals surface area contributed by atoms with Gasteiger partial charge < -0.3 is 19.4 Å². The van der Waals surface area contributed by atoms with Crippen molar-refractivity contribution in [3.05, 3.63) is 58.4 Å². The third-order valence-electron chi connectivity index (χ3n) is 4.85. The summed E-state index contributed by atoms with van der Waals surface area (Å²) in [5.74, 6) is 0.889. The van der Waals surface area contributed by atoms with Crippen molar-refractivity contribution >= 4 is 28.8 Å². The molecule has 1 aliphatic heterocycles. The Morgan fingerprint density at radius 1 is 1.17 bits per heavy atom. The molecule has 0 bridgehead atoms. The lowest BCUT2D eigenvalue weighted by Crippen LogP contribution is -2.37. The molecular formula is C20H20N4O4S. The van der Waals surface area contributed by atoms with E-state index in [2.05, 4.69) is 15.5 Å². The minimum Gasteiger partial charge on any atom is -0.497 e. The van der Waals surface area contributed by atoms with E-state index in [-0.39, 0.29) is 17.7 Å². The van der Waals surface area contributed by atoms with E-state index in [1.54, 1.807) is 48.4 Å². The van der Waals surface area contributed by atoms with Gasteiger partial charge in [-0.3, -0.25) is 9.59 Å². The van der Waals surface area contributed by atoms with Crippen LogP contribution < -0.4 is 10.1 Å². The number of hydrogen-bond donors (Lipinski definition) is 1. The van der Waals surface area contributed by atoms with Gasteiger partial charge in [-0.1, -0.05) is 11.3 Å². The monoisotopic (exact) mass is 412 g/mol. The molecule has 3 heterocycles. The third kappa shape index (κ3) is 4.29. The quantitative estimate of drug-likeness (QED) is 0.690. The smallest absolute Gasteiger partial charge is 0.289 e. The van der Waals surface area contributed by atoms with E-state index in [9.17, 15) is 9.59 Å². The Morgan fingerprint density at radius 2 is 1.93 bits per heavy atom. The van der Waals surface area contributed by atoms with Crippen LogP contribution in [0.3, 0.4) is 0 Å². The first-order chi connectivity index (χ1) is 14.1. The number of amides is 2. The van der Waals surface area contributed by atoms with E-state index in [1.807, 2.05) is 0 Å². The second-order valence-corrected chi connectivity index (χ2v) is 7.68. The van der Waals surface area contributed by atoms with Gasteiger partial charge in [0.15, 0.2) is 5.76 Å². The minimum absolute atomic E-state index is 0.0923. The van der Waals surface area contributed by atoms with Crippen molar-refractivity contribution in [2.24, 2.45) is 0 Å². The zero-order valence-electron chi connectivity index (χ0n) is 15.8. The largest absolute Gasteiger partial charge is 0.497 e. The van der Waals surface area contributed by atoms with Crippen LogP contribution in [-0.4, -0.2) is 47.1 Å². The lowest BCUT2D eigenvalue weighted by molar-refractivity contribution is 0.0680. The van der Waals surface area contributed by atoms with Crippen LogP contribution in [0.1, 0.15) is 44.1 Å². The van der Waals surface area contributed by atoms with E-state index in [0.29, 0.717) is 29.5 Å². The van der Waals surface area contributed by atoms with E-state index >= 15 is 0 Å². The number of benzene rings is 1. The first kappa shape index (κ1) is 19.1. The van der Waals surface area contributed by atoms with Crippen molar-refractivity contribution in [2.75, 3.05) is 25.5 Å². The number of nitrogens with one attached hydrogen (secondary N) is 1. The van der Waals surface area contributed by atoms with Gasteiger partial charge in [-0.2, -0.15) is 0 Å². The predicted octanol–water partition coefficient (Wildman–Crippen LogP) is 3.41. The number of methoxy groups -OCH3 is 1. The fourth-order valence-electron chi connectivity index (χ4n) is 3.24. The fraction of sp³-hybridized carbons (Fsp3) is 0.300. The molecule has 2 amide bonds. The maximum Gasteiger partial charge on any atom is 0.289 e. The van der Waals surface area contributed by atoms with Crippen LogP contribution in [0.2, 0.25) is 0 Å². The van der Waals surface area contributed by atoms with Gasteiger partial charge in [0.1, 0.15) is 10.8 Å². The molecule has 1 saturated heterocycles. The van der Waals surface area contributed by atoms with Gasteiger partial charge in [0, 0.05) is 24.7 Å². The molecule has 1 aromatic carbocycles. The maximum atomic E-state index is 12.4. The Hall–Kier alpha value is -3.20. The summed E-state index contributed by atoms with van der Waals surface area (Å²) < 4.78 is 10.3. The number of likely N-dealkylation sites (tertiary alicyclic amines) is 1. The van der Waals surface area contributed by atoms with Gasteiger partial charge in [0.25, 0.3) is 11.8 Å². The molecule has 0 aliphatic carbocycles. The Balaban J connectivity index is 1.34. The van der Waals surface area contributed by atoms with Gasteiger partial charge >= 0.3 is 0 Å².